The number of hydrogen-bond donors (Lipinski definition) is 2. The average Bonchev–Trinajstić information content (AvgIpc) is 2.43. The van der Waals surface area contributed by atoms with Gasteiger partial charge < -0.3 is 15.4 Å². The predicted molar refractivity (Wildman–Crippen MR) is 79.0 cm³/mol. The van der Waals surface area contributed by atoms with Gasteiger partial charge in [-0.25, -0.2) is 9.97 Å². The topological polar surface area (TPSA) is 76.1 Å². The number of unbranched alkanes of at least 4 members (excludes halogenated alkanes) is 2. The number of hydrogen-bond acceptors (Lipinski definition) is 5. The number of methoxy groups -OCH3 is 1. The molecule has 6 heteroatoms. The summed E-state index contributed by atoms with van der Waals surface area (Å²) in [6.07, 6.45) is 3.24. The van der Waals surface area contributed by atoms with E-state index in [1.807, 2.05) is 6.92 Å². The van der Waals surface area contributed by atoms with Crippen LogP contribution in [0.25, 0.3) is 0 Å². The number of carbonyl (C=O) groups is 1. The monoisotopic (exact) mass is 280 g/mol. The van der Waals surface area contributed by atoms with Crippen molar-refractivity contribution < 1.29 is 9.53 Å². The first kappa shape index (κ1) is 16.4. The van der Waals surface area contributed by atoms with Gasteiger partial charge in [-0.3, -0.25) is 4.79 Å². The van der Waals surface area contributed by atoms with Crippen LogP contribution in [0.4, 0.5) is 5.95 Å². The highest BCUT2D eigenvalue weighted by atomic mass is 16.5. The third-order valence-corrected chi connectivity index (χ3v) is 2.74. The van der Waals surface area contributed by atoms with E-state index in [2.05, 4.69) is 27.5 Å². The Morgan fingerprint density at radius 1 is 1.30 bits per heavy atom. The predicted octanol–water partition coefficient (Wildman–Crippen LogP) is 1.76. The molecule has 1 aromatic heterocycles. The quantitative estimate of drug-likeness (QED) is 0.674. The normalized spacial score (nSPS) is 10.3. The Labute approximate surface area is 120 Å². The van der Waals surface area contributed by atoms with Crippen molar-refractivity contribution in [1.82, 2.24) is 15.3 Å². The van der Waals surface area contributed by atoms with Crippen LogP contribution in [-0.4, -0.2) is 42.7 Å². The van der Waals surface area contributed by atoms with Gasteiger partial charge in [-0.15, -0.1) is 0 Å². The van der Waals surface area contributed by atoms with Crippen LogP contribution in [0.5, 0.6) is 0 Å². The second kappa shape index (κ2) is 9.25. The molecule has 1 aromatic rings. The number of nitrogens with zero attached hydrogens (tertiary/aromatic N) is 2. The minimum Gasteiger partial charge on any atom is -0.383 e. The van der Waals surface area contributed by atoms with Gasteiger partial charge in [-0.1, -0.05) is 19.8 Å². The zero-order valence-corrected chi connectivity index (χ0v) is 12.5. The molecule has 0 aromatic carbocycles. The van der Waals surface area contributed by atoms with Crippen molar-refractivity contribution in [1.29, 1.82) is 0 Å². The number of ether oxygens (including phenoxy) is 1. The van der Waals surface area contributed by atoms with Crippen molar-refractivity contribution >= 4 is 11.9 Å². The molecule has 0 bridgehead atoms. The number of aromatic nitrogens is 2. The van der Waals surface area contributed by atoms with E-state index in [1.165, 1.54) is 0 Å². The minimum absolute atomic E-state index is 0.151. The average molecular weight is 280 g/mol. The molecule has 1 heterocycles. The molecular formula is C14H24N4O2. The largest absolute Gasteiger partial charge is 0.383 e. The highest BCUT2D eigenvalue weighted by Crippen LogP contribution is 2.05. The van der Waals surface area contributed by atoms with Crippen LogP contribution >= 0.6 is 0 Å². The SMILES string of the molecule is CCCCCNC(=O)c1cc(C)nc(NCCOC)n1. The molecule has 0 spiro atoms. The zero-order valence-electron chi connectivity index (χ0n) is 12.5. The molecule has 0 aliphatic carbocycles. The Kier molecular flexibility index (Phi) is 7.57. The number of carbonyl (C=O) groups excluding carboxylic acids is 1. The summed E-state index contributed by atoms with van der Waals surface area (Å²) >= 11 is 0. The van der Waals surface area contributed by atoms with Gasteiger partial charge in [0, 0.05) is 25.9 Å². The Bertz CT molecular complexity index is 424. The Hall–Kier alpha value is -1.69. The van der Waals surface area contributed by atoms with Crippen LogP contribution in [0.2, 0.25) is 0 Å². The van der Waals surface area contributed by atoms with E-state index < -0.39 is 0 Å². The van der Waals surface area contributed by atoms with E-state index >= 15 is 0 Å². The van der Waals surface area contributed by atoms with Gasteiger partial charge in [-0.2, -0.15) is 0 Å². The molecule has 1 rings (SSSR count). The molecule has 0 aliphatic heterocycles. The molecule has 0 fully saturated rings. The fourth-order valence-corrected chi connectivity index (χ4v) is 1.70. The molecule has 0 radical (unpaired) electrons. The summed E-state index contributed by atoms with van der Waals surface area (Å²) in [6, 6.07) is 1.69. The fourth-order valence-electron chi connectivity index (χ4n) is 1.70. The van der Waals surface area contributed by atoms with Gasteiger partial charge in [0.15, 0.2) is 0 Å². The maximum Gasteiger partial charge on any atom is 0.270 e. The molecule has 112 valence electrons. The second-order valence-corrected chi connectivity index (χ2v) is 4.60. The molecule has 0 saturated heterocycles. The molecule has 0 aliphatic rings. The lowest BCUT2D eigenvalue weighted by Crippen LogP contribution is -2.26. The van der Waals surface area contributed by atoms with Gasteiger partial charge in [0.25, 0.3) is 5.91 Å². The second-order valence-electron chi connectivity index (χ2n) is 4.60. The van der Waals surface area contributed by atoms with Crippen molar-refractivity contribution in [2.24, 2.45) is 0 Å². The molecular weight excluding hydrogens is 256 g/mol. The van der Waals surface area contributed by atoms with Gasteiger partial charge in [0.1, 0.15) is 5.69 Å². The van der Waals surface area contributed by atoms with E-state index in [0.29, 0.717) is 31.3 Å². The van der Waals surface area contributed by atoms with Crippen molar-refractivity contribution in [3.63, 3.8) is 0 Å². The Morgan fingerprint density at radius 2 is 2.10 bits per heavy atom. The van der Waals surface area contributed by atoms with Crippen molar-refractivity contribution in [3.05, 3.63) is 17.5 Å². The van der Waals surface area contributed by atoms with Crippen LogP contribution < -0.4 is 10.6 Å². The van der Waals surface area contributed by atoms with E-state index in [9.17, 15) is 4.79 Å². The summed E-state index contributed by atoms with van der Waals surface area (Å²) in [7, 11) is 1.63. The summed E-state index contributed by atoms with van der Waals surface area (Å²) in [5.74, 6) is 0.308. The third-order valence-electron chi connectivity index (χ3n) is 2.74. The van der Waals surface area contributed by atoms with Gasteiger partial charge in [0.2, 0.25) is 5.95 Å². The van der Waals surface area contributed by atoms with Gasteiger partial charge >= 0.3 is 0 Å². The van der Waals surface area contributed by atoms with Crippen LogP contribution in [0.15, 0.2) is 6.07 Å². The number of amides is 1. The van der Waals surface area contributed by atoms with Crippen molar-refractivity contribution in [3.8, 4) is 0 Å². The van der Waals surface area contributed by atoms with E-state index in [0.717, 1.165) is 25.0 Å². The first-order valence-electron chi connectivity index (χ1n) is 7.04. The third kappa shape index (κ3) is 5.97. The number of nitrogens with one attached hydrogen (secondary N) is 2. The molecule has 20 heavy (non-hydrogen) atoms. The van der Waals surface area contributed by atoms with E-state index in [-0.39, 0.29) is 5.91 Å². The van der Waals surface area contributed by atoms with Crippen molar-refractivity contribution in [2.75, 3.05) is 32.1 Å². The molecule has 0 unspecified atom stereocenters. The van der Waals surface area contributed by atoms with Crippen LogP contribution in [-0.2, 0) is 4.74 Å². The number of aryl methyl sites for hydroxylation is 1. The summed E-state index contributed by atoms with van der Waals surface area (Å²) in [5.41, 5.74) is 1.16. The van der Waals surface area contributed by atoms with E-state index in [4.69, 9.17) is 4.74 Å². The Morgan fingerprint density at radius 3 is 2.80 bits per heavy atom. The maximum absolute atomic E-state index is 12.0. The van der Waals surface area contributed by atoms with Crippen molar-refractivity contribution in [2.45, 2.75) is 33.1 Å². The van der Waals surface area contributed by atoms with E-state index in [1.54, 1.807) is 13.2 Å². The summed E-state index contributed by atoms with van der Waals surface area (Å²) in [4.78, 5) is 20.4. The number of anilines is 1. The fraction of sp³-hybridized carbons (Fsp3) is 0.643. The maximum atomic E-state index is 12.0. The lowest BCUT2D eigenvalue weighted by atomic mass is 10.2. The molecule has 6 nitrogen and oxygen atoms in total. The highest BCUT2D eigenvalue weighted by Gasteiger charge is 2.09. The lowest BCUT2D eigenvalue weighted by Gasteiger charge is -2.08. The van der Waals surface area contributed by atoms with Crippen LogP contribution in [0, 0.1) is 6.92 Å². The van der Waals surface area contributed by atoms with Crippen LogP contribution in [0.1, 0.15) is 42.4 Å². The molecule has 1 amide bonds. The van der Waals surface area contributed by atoms with Crippen LogP contribution in [0.3, 0.4) is 0 Å². The Balaban J connectivity index is 2.57. The lowest BCUT2D eigenvalue weighted by molar-refractivity contribution is 0.0948. The summed E-state index contributed by atoms with van der Waals surface area (Å²) < 4.78 is 4.95. The summed E-state index contributed by atoms with van der Waals surface area (Å²) in [6.45, 7) is 5.83. The molecule has 2 N–H and O–H groups in total. The minimum atomic E-state index is -0.151. The highest BCUT2D eigenvalue weighted by molar-refractivity contribution is 5.92. The zero-order chi connectivity index (χ0) is 14.8. The molecule has 0 atom stereocenters. The standard InChI is InChI=1S/C14H24N4O2/c1-4-5-6-7-15-13(19)12-10-11(2)17-14(18-12)16-8-9-20-3/h10H,4-9H2,1-3H3,(H,15,19)(H,16,17,18). The molecule has 0 saturated carbocycles. The van der Waals surface area contributed by atoms with Gasteiger partial charge in [0.05, 0.1) is 6.61 Å². The smallest absolute Gasteiger partial charge is 0.270 e. The first-order chi connectivity index (χ1) is 9.67. The van der Waals surface area contributed by atoms with Gasteiger partial charge in [-0.05, 0) is 19.4 Å². The first-order valence-corrected chi connectivity index (χ1v) is 7.04. The number of rotatable bonds is 9. The summed E-state index contributed by atoms with van der Waals surface area (Å²) in [5, 5.41) is 5.90.